The third kappa shape index (κ3) is 10.0. The fraction of sp³-hybridized carbons (Fsp3) is 0.375. The number of sulfonamides is 1. The van der Waals surface area contributed by atoms with Crippen LogP contribution in [0.15, 0.2) is 78.9 Å². The zero-order chi connectivity index (χ0) is 29.8. The molecule has 0 aliphatic heterocycles. The van der Waals surface area contributed by atoms with Gasteiger partial charge in [0.05, 0.1) is 11.9 Å². The number of carbonyl (C=O) groups excluding carboxylic acids is 2. The quantitative estimate of drug-likeness (QED) is 0.249. The highest BCUT2D eigenvalue weighted by Gasteiger charge is 2.30. The highest BCUT2D eigenvalue weighted by atomic mass is 32.2. The third-order valence-corrected chi connectivity index (χ3v) is 8.00. The van der Waals surface area contributed by atoms with Crippen molar-refractivity contribution in [1.82, 2.24) is 10.2 Å². The van der Waals surface area contributed by atoms with Gasteiger partial charge in [-0.3, -0.25) is 13.9 Å². The van der Waals surface area contributed by atoms with Gasteiger partial charge in [-0.1, -0.05) is 73.5 Å². The maximum atomic E-state index is 13.8. The van der Waals surface area contributed by atoms with Gasteiger partial charge in [-0.15, -0.1) is 0 Å². The summed E-state index contributed by atoms with van der Waals surface area (Å²) in [6, 6.07) is 21.9. The van der Waals surface area contributed by atoms with Gasteiger partial charge in [0, 0.05) is 32.5 Å². The number of hydrogen-bond acceptors (Lipinski definition) is 4. The van der Waals surface area contributed by atoms with E-state index in [1.807, 2.05) is 68.4 Å². The van der Waals surface area contributed by atoms with Crippen molar-refractivity contribution < 1.29 is 22.4 Å². The van der Waals surface area contributed by atoms with Gasteiger partial charge in [0.1, 0.15) is 11.9 Å². The number of nitrogens with one attached hydrogen (secondary N) is 1. The number of hydrogen-bond donors (Lipinski definition) is 1. The predicted octanol–water partition coefficient (Wildman–Crippen LogP) is 5.24. The Balaban J connectivity index is 1.86. The summed E-state index contributed by atoms with van der Waals surface area (Å²) >= 11 is 0. The molecule has 0 aliphatic carbocycles. The minimum atomic E-state index is -3.66. The molecule has 0 unspecified atom stereocenters. The number of amides is 2. The van der Waals surface area contributed by atoms with Crippen LogP contribution in [-0.2, 0) is 32.6 Å². The number of rotatable bonds is 15. The molecular weight excluding hydrogens is 541 g/mol. The zero-order valence-electron chi connectivity index (χ0n) is 24.1. The van der Waals surface area contributed by atoms with Gasteiger partial charge in [-0.25, -0.2) is 12.8 Å². The molecule has 3 rings (SSSR count). The maximum absolute atomic E-state index is 13.8. The summed E-state index contributed by atoms with van der Waals surface area (Å²) < 4.78 is 39.6. The Labute approximate surface area is 243 Å². The standard InChI is InChI=1S/C32H40FN3O4S/c1-4-5-20-34-32(38)30(23-26-12-7-6-8-13-26)35(24-27-14-9-11-25(2)22-27)31(37)15-10-21-36(41(3,39)40)29-18-16-28(33)17-19-29/h6-9,11-14,16-19,22,30H,4-5,10,15,20-21,23-24H2,1-3H3,(H,34,38)/t30-/m0/s1. The van der Waals surface area contributed by atoms with Gasteiger partial charge in [0.2, 0.25) is 21.8 Å². The zero-order valence-corrected chi connectivity index (χ0v) is 24.9. The molecule has 0 radical (unpaired) electrons. The molecule has 0 aliphatic rings. The van der Waals surface area contributed by atoms with Crippen LogP contribution >= 0.6 is 0 Å². The molecule has 41 heavy (non-hydrogen) atoms. The molecule has 0 saturated carbocycles. The van der Waals surface area contributed by atoms with Gasteiger partial charge in [0.15, 0.2) is 0 Å². The summed E-state index contributed by atoms with van der Waals surface area (Å²) in [5.41, 5.74) is 3.21. The molecule has 9 heteroatoms. The number of unbranched alkanes of at least 4 members (excludes halogenated alkanes) is 1. The van der Waals surface area contributed by atoms with Gasteiger partial charge in [-0.2, -0.15) is 0 Å². The van der Waals surface area contributed by atoms with Crippen LogP contribution in [0.4, 0.5) is 10.1 Å². The Morgan fingerprint density at radius 2 is 1.61 bits per heavy atom. The molecule has 3 aromatic carbocycles. The normalized spacial score (nSPS) is 12.0. The molecular formula is C32H40FN3O4S. The molecule has 220 valence electrons. The third-order valence-electron chi connectivity index (χ3n) is 6.80. The Hall–Kier alpha value is -3.72. The molecule has 0 fully saturated rings. The van der Waals surface area contributed by atoms with Gasteiger partial charge in [0.25, 0.3) is 0 Å². The lowest BCUT2D eigenvalue weighted by atomic mass is 10.0. The van der Waals surface area contributed by atoms with Crippen LogP contribution in [0.1, 0.15) is 49.3 Å². The number of nitrogens with zero attached hydrogens (tertiary/aromatic N) is 2. The minimum absolute atomic E-state index is 0.0343. The Bertz CT molecular complexity index is 1380. The fourth-order valence-electron chi connectivity index (χ4n) is 4.68. The molecule has 1 N–H and O–H groups in total. The molecule has 0 aromatic heterocycles. The second-order valence-electron chi connectivity index (χ2n) is 10.3. The summed E-state index contributed by atoms with van der Waals surface area (Å²) in [5.74, 6) is -0.927. The first-order valence-corrected chi connectivity index (χ1v) is 15.8. The van der Waals surface area contributed by atoms with Crippen LogP contribution in [0, 0.1) is 12.7 Å². The van der Waals surface area contributed by atoms with Crippen molar-refractivity contribution in [3.05, 3.63) is 101 Å². The Kier molecular flexibility index (Phi) is 11.9. The maximum Gasteiger partial charge on any atom is 0.243 e. The van der Waals surface area contributed by atoms with E-state index in [9.17, 15) is 22.4 Å². The van der Waals surface area contributed by atoms with E-state index in [4.69, 9.17) is 0 Å². The minimum Gasteiger partial charge on any atom is -0.354 e. The van der Waals surface area contributed by atoms with E-state index >= 15 is 0 Å². The number of anilines is 1. The van der Waals surface area contributed by atoms with Crippen molar-refractivity contribution in [1.29, 1.82) is 0 Å². The smallest absolute Gasteiger partial charge is 0.243 e. The van der Waals surface area contributed by atoms with E-state index in [2.05, 4.69) is 5.32 Å². The first kappa shape index (κ1) is 31.8. The van der Waals surface area contributed by atoms with Crippen molar-refractivity contribution in [2.24, 2.45) is 0 Å². The van der Waals surface area contributed by atoms with Crippen LogP contribution in [0.3, 0.4) is 0 Å². The lowest BCUT2D eigenvalue weighted by molar-refractivity contribution is -0.141. The molecule has 2 amide bonds. The summed E-state index contributed by atoms with van der Waals surface area (Å²) in [5, 5.41) is 3.01. The Morgan fingerprint density at radius 1 is 0.927 bits per heavy atom. The molecule has 7 nitrogen and oxygen atoms in total. The summed E-state index contributed by atoms with van der Waals surface area (Å²) in [6.45, 7) is 4.83. The monoisotopic (exact) mass is 581 g/mol. The number of halogens is 1. The van der Waals surface area contributed by atoms with E-state index in [0.29, 0.717) is 18.7 Å². The van der Waals surface area contributed by atoms with E-state index in [-0.39, 0.29) is 37.7 Å². The lowest BCUT2D eigenvalue weighted by Crippen LogP contribution is -2.50. The van der Waals surface area contributed by atoms with Crippen molar-refractivity contribution in [2.45, 2.75) is 58.5 Å². The van der Waals surface area contributed by atoms with Gasteiger partial charge < -0.3 is 10.2 Å². The van der Waals surface area contributed by atoms with E-state index in [0.717, 1.165) is 35.8 Å². The van der Waals surface area contributed by atoms with Crippen LogP contribution in [-0.4, -0.2) is 50.5 Å². The van der Waals surface area contributed by atoms with Gasteiger partial charge >= 0.3 is 0 Å². The summed E-state index contributed by atoms with van der Waals surface area (Å²) in [7, 11) is -3.66. The Morgan fingerprint density at radius 3 is 2.24 bits per heavy atom. The molecule has 3 aromatic rings. The number of aryl methyl sites for hydroxylation is 1. The van der Waals surface area contributed by atoms with Crippen LogP contribution in [0.2, 0.25) is 0 Å². The SMILES string of the molecule is CCCCNC(=O)[C@H](Cc1ccccc1)N(Cc1cccc(C)c1)C(=O)CCCN(c1ccc(F)cc1)S(C)(=O)=O. The first-order valence-electron chi connectivity index (χ1n) is 14.0. The van der Waals surface area contributed by atoms with E-state index in [1.165, 1.54) is 28.6 Å². The highest BCUT2D eigenvalue weighted by molar-refractivity contribution is 7.92. The predicted molar refractivity (Wildman–Crippen MR) is 161 cm³/mol. The fourth-order valence-corrected chi connectivity index (χ4v) is 5.64. The second-order valence-corrected chi connectivity index (χ2v) is 12.2. The van der Waals surface area contributed by atoms with Crippen LogP contribution < -0.4 is 9.62 Å². The van der Waals surface area contributed by atoms with E-state index < -0.39 is 21.9 Å². The second kappa shape index (κ2) is 15.3. The topological polar surface area (TPSA) is 86.8 Å². The van der Waals surface area contributed by atoms with Gasteiger partial charge in [-0.05, 0) is 55.2 Å². The average molecular weight is 582 g/mol. The molecule has 0 bridgehead atoms. The van der Waals surface area contributed by atoms with Crippen molar-refractivity contribution in [2.75, 3.05) is 23.7 Å². The van der Waals surface area contributed by atoms with Crippen molar-refractivity contribution in [3.63, 3.8) is 0 Å². The van der Waals surface area contributed by atoms with Crippen LogP contribution in [0.5, 0.6) is 0 Å². The molecule has 1 atom stereocenters. The largest absolute Gasteiger partial charge is 0.354 e. The lowest BCUT2D eigenvalue weighted by Gasteiger charge is -2.32. The number of benzene rings is 3. The molecule has 0 heterocycles. The van der Waals surface area contributed by atoms with E-state index in [1.54, 1.807) is 4.90 Å². The summed E-state index contributed by atoms with van der Waals surface area (Å²) in [6.07, 6.45) is 3.45. The number of carbonyl (C=O) groups is 2. The molecule has 0 spiro atoms. The molecule has 0 saturated heterocycles. The van der Waals surface area contributed by atoms with Crippen molar-refractivity contribution >= 4 is 27.5 Å². The first-order chi connectivity index (χ1) is 19.6. The van der Waals surface area contributed by atoms with Crippen molar-refractivity contribution in [3.8, 4) is 0 Å². The average Bonchev–Trinajstić information content (AvgIpc) is 2.93. The highest BCUT2D eigenvalue weighted by Crippen LogP contribution is 2.21. The summed E-state index contributed by atoms with van der Waals surface area (Å²) in [4.78, 5) is 29.0. The van der Waals surface area contributed by atoms with Crippen LogP contribution in [0.25, 0.3) is 0 Å².